The van der Waals surface area contributed by atoms with E-state index in [-0.39, 0.29) is 17.5 Å². The summed E-state index contributed by atoms with van der Waals surface area (Å²) in [4.78, 5) is 16.9. The minimum Gasteiger partial charge on any atom is -0.504 e. The normalized spacial score (nSPS) is 32.0. The lowest BCUT2D eigenvalue weighted by atomic mass is 9.48. The molecule has 3 aliphatic carbocycles. The number of likely N-dealkylation sites (tertiary alicyclic amines) is 1. The van der Waals surface area contributed by atoms with Crippen molar-refractivity contribution in [2.45, 2.75) is 74.1 Å². The molecule has 40 heavy (non-hydrogen) atoms. The molecule has 2 N–H and O–H groups in total. The van der Waals surface area contributed by atoms with E-state index in [0.717, 1.165) is 17.7 Å². The third-order valence-corrected chi connectivity index (χ3v) is 10.3. The first kappa shape index (κ1) is 26.0. The molecule has 214 valence electrons. The maximum absolute atomic E-state index is 14.4. The van der Waals surface area contributed by atoms with Crippen LogP contribution in [0.15, 0.2) is 12.1 Å². The highest BCUT2D eigenvalue weighted by Gasteiger charge is 2.73. The topological polar surface area (TPSA) is 73.2 Å². The Morgan fingerprint density at radius 3 is 2.40 bits per heavy atom. The monoisotopic (exact) mass is 564 g/mol. The molecule has 11 heteroatoms. The molecule has 0 aromatic heterocycles. The van der Waals surface area contributed by atoms with E-state index in [2.05, 4.69) is 4.90 Å². The van der Waals surface area contributed by atoms with E-state index in [0.29, 0.717) is 38.1 Å². The summed E-state index contributed by atoms with van der Waals surface area (Å²) >= 11 is 0. The second-order valence-electron chi connectivity index (χ2n) is 12.1. The Hall–Kier alpha value is -2.92. The van der Waals surface area contributed by atoms with Crippen molar-refractivity contribution in [2.75, 3.05) is 20.1 Å². The molecule has 2 aromatic carbocycles. The summed E-state index contributed by atoms with van der Waals surface area (Å²) < 4.78 is 76.3. The van der Waals surface area contributed by atoms with Crippen molar-refractivity contribution in [3.63, 3.8) is 0 Å². The standard InChI is InChI=1S/C29H29F5N2O4/c1-35(19(38)11-15-21(30)23(32)25(34)24(33)22(15)31)16-6-7-29(39)18-10-14-4-5-17(37)26-20(14)28(29,27(16)40-26)8-9-36(18)12-13-2-3-13/h4-5,13,16,18,27,37,39H,2-3,6-12H2,1H3/t16-,18+,27-,28-,29+/m0/s1. The molecule has 6 nitrogen and oxygen atoms in total. The second kappa shape index (κ2) is 8.55. The molecule has 1 spiro atoms. The Bertz CT molecular complexity index is 1420. The summed E-state index contributed by atoms with van der Waals surface area (Å²) in [6, 6.07) is 2.57. The lowest BCUT2D eigenvalue weighted by Crippen LogP contribution is -2.78. The van der Waals surface area contributed by atoms with Gasteiger partial charge in [0.1, 0.15) is 6.10 Å². The predicted molar refractivity (Wildman–Crippen MR) is 131 cm³/mol. The van der Waals surface area contributed by atoms with Gasteiger partial charge in [-0.15, -0.1) is 0 Å². The zero-order chi connectivity index (χ0) is 28.3. The third-order valence-electron chi connectivity index (χ3n) is 10.3. The minimum absolute atomic E-state index is 0.0714. The number of carbonyl (C=O) groups is 1. The number of piperidine rings is 1. The van der Waals surface area contributed by atoms with Crippen molar-refractivity contribution in [1.29, 1.82) is 0 Å². The van der Waals surface area contributed by atoms with Crippen molar-refractivity contribution in [2.24, 2.45) is 5.92 Å². The fraction of sp³-hybridized carbons (Fsp3) is 0.552. The molecule has 7 rings (SSSR count). The SMILES string of the molecule is CN(C(=O)Cc1c(F)c(F)c(F)c(F)c1F)[C@H]1CC[C@@]2(O)[C@H]3Cc4ccc(O)c5c4[C@@]2(CCN3CC2CC2)[C@H]1O5. The maximum atomic E-state index is 14.4. The van der Waals surface area contributed by atoms with E-state index >= 15 is 0 Å². The smallest absolute Gasteiger partial charge is 0.227 e. The lowest BCUT2D eigenvalue weighted by molar-refractivity contribution is -0.200. The number of amides is 1. The van der Waals surface area contributed by atoms with Crippen molar-refractivity contribution in [1.82, 2.24) is 9.80 Å². The Kier molecular flexibility index (Phi) is 5.56. The molecular formula is C29H29F5N2O4. The summed E-state index contributed by atoms with van der Waals surface area (Å²) in [5, 5.41) is 23.3. The number of phenols is 1. The van der Waals surface area contributed by atoms with Gasteiger partial charge in [0.25, 0.3) is 0 Å². The van der Waals surface area contributed by atoms with Gasteiger partial charge < -0.3 is 19.8 Å². The summed E-state index contributed by atoms with van der Waals surface area (Å²) in [6.07, 6.45) is 2.27. The molecule has 2 bridgehead atoms. The van der Waals surface area contributed by atoms with Crippen LogP contribution in [0.5, 0.6) is 11.5 Å². The number of hydrogen-bond donors (Lipinski definition) is 2. The minimum atomic E-state index is -2.28. The van der Waals surface area contributed by atoms with Crippen LogP contribution in [0, 0.1) is 35.0 Å². The number of halogens is 5. The van der Waals surface area contributed by atoms with E-state index in [1.54, 1.807) is 6.07 Å². The van der Waals surface area contributed by atoms with E-state index in [1.165, 1.54) is 24.8 Å². The molecule has 2 saturated carbocycles. The molecule has 1 amide bonds. The number of rotatable bonds is 5. The number of benzene rings is 2. The van der Waals surface area contributed by atoms with Crippen LogP contribution in [0.25, 0.3) is 0 Å². The van der Waals surface area contributed by atoms with E-state index in [4.69, 9.17) is 4.74 Å². The van der Waals surface area contributed by atoms with Crippen LogP contribution in [0.2, 0.25) is 0 Å². The maximum Gasteiger partial charge on any atom is 0.227 e. The summed E-state index contributed by atoms with van der Waals surface area (Å²) in [6.45, 7) is 1.60. The first-order valence-corrected chi connectivity index (χ1v) is 13.7. The largest absolute Gasteiger partial charge is 0.504 e. The van der Waals surface area contributed by atoms with Gasteiger partial charge in [0.2, 0.25) is 11.7 Å². The molecule has 2 aromatic rings. The van der Waals surface area contributed by atoms with Gasteiger partial charge in [0.05, 0.1) is 23.5 Å². The highest BCUT2D eigenvalue weighted by atomic mass is 19.2. The van der Waals surface area contributed by atoms with Crippen molar-refractivity contribution < 1.29 is 41.7 Å². The number of ether oxygens (including phenoxy) is 1. The number of aromatic hydroxyl groups is 1. The lowest BCUT2D eigenvalue weighted by Gasteiger charge is -2.64. The van der Waals surface area contributed by atoms with Gasteiger partial charge in [-0.05, 0) is 62.6 Å². The molecule has 5 aliphatic rings. The molecule has 2 heterocycles. The molecule has 2 aliphatic heterocycles. The van der Waals surface area contributed by atoms with E-state index < -0.39 is 70.1 Å². The fourth-order valence-corrected chi connectivity index (χ4v) is 8.12. The number of hydrogen-bond acceptors (Lipinski definition) is 5. The number of carbonyl (C=O) groups excluding carboxylic acids is 1. The molecule has 0 radical (unpaired) electrons. The van der Waals surface area contributed by atoms with Crippen LogP contribution in [0.3, 0.4) is 0 Å². The first-order chi connectivity index (χ1) is 19.0. The number of aliphatic hydroxyl groups is 1. The average Bonchev–Trinajstić information content (AvgIpc) is 3.68. The highest BCUT2D eigenvalue weighted by molar-refractivity contribution is 5.79. The number of likely N-dealkylation sites (N-methyl/N-ethyl adjacent to an activating group) is 1. The molecule has 0 unspecified atom stereocenters. The van der Waals surface area contributed by atoms with Gasteiger partial charge >= 0.3 is 0 Å². The Morgan fingerprint density at radius 2 is 1.73 bits per heavy atom. The van der Waals surface area contributed by atoms with Gasteiger partial charge in [0, 0.05) is 30.8 Å². The van der Waals surface area contributed by atoms with Gasteiger partial charge in [-0.25, -0.2) is 22.0 Å². The number of phenolic OH excluding ortho intramolecular Hbond substituents is 1. The van der Waals surface area contributed by atoms with E-state index in [9.17, 15) is 37.0 Å². The molecule has 5 atom stereocenters. The zero-order valence-electron chi connectivity index (χ0n) is 21.8. The third kappa shape index (κ3) is 3.24. The van der Waals surface area contributed by atoms with Gasteiger partial charge in [-0.3, -0.25) is 9.69 Å². The van der Waals surface area contributed by atoms with Gasteiger partial charge in [-0.2, -0.15) is 0 Å². The van der Waals surface area contributed by atoms with Gasteiger partial charge in [-0.1, -0.05) is 6.07 Å². The zero-order valence-corrected chi connectivity index (χ0v) is 21.8. The number of nitrogens with zero attached hydrogens (tertiary/aromatic N) is 2. The predicted octanol–water partition coefficient (Wildman–Crippen LogP) is 3.72. The van der Waals surface area contributed by atoms with Gasteiger partial charge in [0.15, 0.2) is 34.8 Å². The molecular weight excluding hydrogens is 535 g/mol. The summed E-state index contributed by atoms with van der Waals surface area (Å²) in [7, 11) is 1.41. The summed E-state index contributed by atoms with van der Waals surface area (Å²) in [5.41, 5.74) is -1.59. The van der Waals surface area contributed by atoms with Crippen molar-refractivity contribution in [3.8, 4) is 11.5 Å². The van der Waals surface area contributed by atoms with Crippen LogP contribution in [0.1, 0.15) is 48.8 Å². The second-order valence-corrected chi connectivity index (χ2v) is 12.1. The van der Waals surface area contributed by atoms with Crippen LogP contribution in [-0.4, -0.2) is 69.8 Å². The van der Waals surface area contributed by atoms with E-state index in [1.807, 2.05) is 6.07 Å². The quantitative estimate of drug-likeness (QED) is 0.329. The van der Waals surface area contributed by atoms with Crippen LogP contribution < -0.4 is 4.74 Å². The van der Waals surface area contributed by atoms with Crippen LogP contribution in [0.4, 0.5) is 22.0 Å². The Labute approximate surface area is 227 Å². The summed E-state index contributed by atoms with van der Waals surface area (Å²) in [5.74, 6) is -10.6. The Morgan fingerprint density at radius 1 is 1.05 bits per heavy atom. The molecule has 3 fully saturated rings. The Balaban J connectivity index is 1.25. The molecule has 1 saturated heterocycles. The fourth-order valence-electron chi connectivity index (χ4n) is 8.12. The van der Waals surface area contributed by atoms with Crippen molar-refractivity contribution in [3.05, 3.63) is 57.9 Å². The van der Waals surface area contributed by atoms with Crippen molar-refractivity contribution >= 4 is 5.91 Å². The van der Waals surface area contributed by atoms with Crippen LogP contribution >= 0.6 is 0 Å². The van der Waals surface area contributed by atoms with Crippen LogP contribution in [-0.2, 0) is 23.1 Å². The highest BCUT2D eigenvalue weighted by Crippen LogP contribution is 2.66. The average molecular weight is 565 g/mol. The first-order valence-electron chi connectivity index (χ1n) is 13.7.